The van der Waals surface area contributed by atoms with Gasteiger partial charge in [0.05, 0.1) is 13.0 Å². The van der Waals surface area contributed by atoms with E-state index in [1.807, 2.05) is 0 Å². The second-order valence-electron chi connectivity index (χ2n) is 4.68. The molecule has 0 radical (unpaired) electrons. The molecule has 1 aliphatic rings. The zero-order valence-electron chi connectivity index (χ0n) is 10.3. The lowest BCUT2D eigenvalue weighted by Crippen LogP contribution is -2.47. The Morgan fingerprint density at radius 1 is 1.47 bits per heavy atom. The number of rotatable bonds is 5. The highest BCUT2D eigenvalue weighted by atomic mass is 16.5. The third-order valence-corrected chi connectivity index (χ3v) is 3.59. The van der Waals surface area contributed by atoms with Crippen LogP contribution < -0.4 is 0 Å². The molecule has 1 aliphatic carbocycles. The highest BCUT2D eigenvalue weighted by Gasteiger charge is 2.37. The molecule has 1 fully saturated rings. The van der Waals surface area contributed by atoms with Crippen molar-refractivity contribution in [2.24, 2.45) is 11.8 Å². The molecule has 0 aliphatic heterocycles. The first kappa shape index (κ1) is 12.5. The lowest BCUT2D eigenvalue weighted by atomic mass is 9.73. The number of carbonyl (C=O) groups is 1. The molecule has 0 aromatic carbocycles. The first-order valence-electron chi connectivity index (χ1n) is 5.86. The van der Waals surface area contributed by atoms with E-state index in [1.54, 1.807) is 0 Å². The highest BCUT2D eigenvalue weighted by molar-refractivity contribution is 5.73. The van der Waals surface area contributed by atoms with E-state index < -0.39 is 0 Å². The van der Waals surface area contributed by atoms with Gasteiger partial charge in [0.1, 0.15) is 0 Å². The average molecular weight is 213 g/mol. The number of hydrogen-bond acceptors (Lipinski definition) is 3. The van der Waals surface area contributed by atoms with Crippen LogP contribution in [0.1, 0.15) is 32.6 Å². The normalized spacial score (nSPS) is 20.9. The van der Waals surface area contributed by atoms with Gasteiger partial charge < -0.3 is 9.64 Å². The molecule has 15 heavy (non-hydrogen) atoms. The molecule has 1 rings (SSSR count). The predicted molar refractivity (Wildman–Crippen MR) is 60.6 cm³/mol. The Labute approximate surface area is 92.8 Å². The van der Waals surface area contributed by atoms with E-state index in [0.29, 0.717) is 12.0 Å². The van der Waals surface area contributed by atoms with Gasteiger partial charge in [-0.3, -0.25) is 4.79 Å². The van der Waals surface area contributed by atoms with E-state index in [4.69, 9.17) is 4.74 Å². The summed E-state index contributed by atoms with van der Waals surface area (Å²) in [4.78, 5) is 13.9. The average Bonchev–Trinajstić information content (AvgIpc) is 2.13. The van der Waals surface area contributed by atoms with Crippen LogP contribution in [0.5, 0.6) is 0 Å². The van der Waals surface area contributed by atoms with Crippen molar-refractivity contribution < 1.29 is 9.53 Å². The zero-order valence-corrected chi connectivity index (χ0v) is 10.3. The van der Waals surface area contributed by atoms with Crippen LogP contribution >= 0.6 is 0 Å². The zero-order chi connectivity index (χ0) is 11.4. The van der Waals surface area contributed by atoms with Crippen LogP contribution in [0.25, 0.3) is 0 Å². The van der Waals surface area contributed by atoms with Crippen LogP contribution in [-0.2, 0) is 9.53 Å². The van der Waals surface area contributed by atoms with E-state index >= 15 is 0 Å². The Balaban J connectivity index is 2.70. The maximum Gasteiger partial charge on any atom is 0.310 e. The van der Waals surface area contributed by atoms with Crippen LogP contribution in [0.15, 0.2) is 0 Å². The quantitative estimate of drug-likeness (QED) is 0.653. The van der Waals surface area contributed by atoms with Gasteiger partial charge in [-0.2, -0.15) is 0 Å². The van der Waals surface area contributed by atoms with E-state index in [-0.39, 0.29) is 11.9 Å². The maximum absolute atomic E-state index is 11.7. The van der Waals surface area contributed by atoms with Crippen molar-refractivity contribution in [1.29, 1.82) is 0 Å². The maximum atomic E-state index is 11.7. The highest BCUT2D eigenvalue weighted by Crippen LogP contribution is 2.36. The summed E-state index contributed by atoms with van der Waals surface area (Å²) in [5, 5.41) is 0. The van der Waals surface area contributed by atoms with Crippen LogP contribution in [0.3, 0.4) is 0 Å². The number of hydrogen-bond donors (Lipinski definition) is 0. The van der Waals surface area contributed by atoms with Crippen molar-refractivity contribution in [1.82, 2.24) is 4.90 Å². The minimum Gasteiger partial charge on any atom is -0.469 e. The smallest absolute Gasteiger partial charge is 0.310 e. The first-order chi connectivity index (χ1) is 7.11. The Hall–Kier alpha value is -0.570. The Bertz CT molecular complexity index is 212. The second kappa shape index (κ2) is 5.50. The van der Waals surface area contributed by atoms with Gasteiger partial charge in [-0.1, -0.05) is 13.3 Å². The fourth-order valence-electron chi connectivity index (χ4n) is 2.59. The van der Waals surface area contributed by atoms with Gasteiger partial charge in [0.25, 0.3) is 0 Å². The van der Waals surface area contributed by atoms with E-state index in [9.17, 15) is 4.79 Å². The molecule has 2 unspecified atom stereocenters. The molecule has 0 amide bonds. The minimum absolute atomic E-state index is 0.0373. The number of nitrogens with zero attached hydrogens (tertiary/aromatic N) is 1. The van der Waals surface area contributed by atoms with Gasteiger partial charge in [0, 0.05) is 6.04 Å². The molecular weight excluding hydrogens is 190 g/mol. The van der Waals surface area contributed by atoms with Gasteiger partial charge in [-0.25, -0.2) is 0 Å². The molecule has 1 saturated carbocycles. The van der Waals surface area contributed by atoms with Crippen LogP contribution in [0.2, 0.25) is 0 Å². The van der Waals surface area contributed by atoms with Crippen LogP contribution in [-0.4, -0.2) is 38.1 Å². The van der Waals surface area contributed by atoms with Gasteiger partial charge in [-0.15, -0.1) is 0 Å². The molecule has 0 aromatic rings. The Morgan fingerprint density at radius 3 is 2.33 bits per heavy atom. The second-order valence-corrected chi connectivity index (χ2v) is 4.68. The summed E-state index contributed by atoms with van der Waals surface area (Å²) in [6.07, 6.45) is 4.70. The fourth-order valence-corrected chi connectivity index (χ4v) is 2.59. The molecule has 0 heterocycles. The SMILES string of the molecule is CCC(C(=O)OC)C(C1CCC1)N(C)C. The van der Waals surface area contributed by atoms with Crippen molar-refractivity contribution in [2.75, 3.05) is 21.2 Å². The third kappa shape index (κ3) is 2.71. The number of esters is 1. The van der Waals surface area contributed by atoms with Crippen LogP contribution in [0, 0.1) is 11.8 Å². The molecule has 0 saturated heterocycles. The monoisotopic (exact) mass is 213 g/mol. The lowest BCUT2D eigenvalue weighted by molar-refractivity contribution is -0.149. The van der Waals surface area contributed by atoms with Gasteiger partial charge in [0.2, 0.25) is 0 Å². The summed E-state index contributed by atoms with van der Waals surface area (Å²) in [6.45, 7) is 2.07. The summed E-state index contributed by atoms with van der Waals surface area (Å²) in [5.74, 6) is 0.669. The molecule has 88 valence electrons. The largest absolute Gasteiger partial charge is 0.469 e. The Morgan fingerprint density at radius 2 is 2.07 bits per heavy atom. The summed E-state index contributed by atoms with van der Waals surface area (Å²) >= 11 is 0. The number of ether oxygens (including phenoxy) is 1. The van der Waals surface area contributed by atoms with Crippen molar-refractivity contribution >= 4 is 5.97 Å². The molecule has 0 spiro atoms. The van der Waals surface area contributed by atoms with Crippen molar-refractivity contribution in [3.8, 4) is 0 Å². The Kier molecular flexibility index (Phi) is 4.58. The van der Waals surface area contributed by atoms with E-state index in [1.165, 1.54) is 26.4 Å². The number of methoxy groups -OCH3 is 1. The first-order valence-corrected chi connectivity index (χ1v) is 5.86. The summed E-state index contributed by atoms with van der Waals surface area (Å²) in [7, 11) is 5.61. The molecule has 0 aromatic heterocycles. The van der Waals surface area contributed by atoms with Crippen molar-refractivity contribution in [2.45, 2.75) is 38.6 Å². The standard InChI is InChI=1S/C12H23NO2/c1-5-10(12(14)15-4)11(13(2)3)9-7-6-8-9/h9-11H,5-8H2,1-4H3. The fraction of sp³-hybridized carbons (Fsp3) is 0.917. The van der Waals surface area contributed by atoms with E-state index in [2.05, 4.69) is 25.9 Å². The van der Waals surface area contributed by atoms with Crippen LogP contribution in [0.4, 0.5) is 0 Å². The van der Waals surface area contributed by atoms with Gasteiger partial charge in [0.15, 0.2) is 0 Å². The van der Waals surface area contributed by atoms with Crippen molar-refractivity contribution in [3.63, 3.8) is 0 Å². The molecule has 3 nitrogen and oxygen atoms in total. The third-order valence-electron chi connectivity index (χ3n) is 3.59. The summed E-state index contributed by atoms with van der Waals surface area (Å²) in [6, 6.07) is 0.358. The lowest BCUT2D eigenvalue weighted by Gasteiger charge is -2.41. The molecule has 2 atom stereocenters. The predicted octanol–water partition coefficient (Wildman–Crippen LogP) is 1.92. The van der Waals surface area contributed by atoms with Crippen molar-refractivity contribution in [3.05, 3.63) is 0 Å². The van der Waals surface area contributed by atoms with Gasteiger partial charge >= 0.3 is 5.97 Å². The summed E-state index contributed by atoms with van der Waals surface area (Å²) in [5.41, 5.74) is 0. The summed E-state index contributed by atoms with van der Waals surface area (Å²) < 4.78 is 4.89. The molecule has 3 heteroatoms. The van der Waals surface area contributed by atoms with Gasteiger partial charge in [-0.05, 0) is 39.3 Å². The van der Waals surface area contributed by atoms with E-state index in [0.717, 1.165) is 6.42 Å². The number of carbonyl (C=O) groups excluding carboxylic acids is 1. The topological polar surface area (TPSA) is 29.5 Å². The molecule has 0 bridgehead atoms. The molecule has 0 N–H and O–H groups in total. The minimum atomic E-state index is -0.0527. The molecular formula is C12H23NO2.